The lowest BCUT2D eigenvalue weighted by Gasteiger charge is -2.40. The number of hydrogen-bond acceptors (Lipinski definition) is 3. The first-order valence-electron chi connectivity index (χ1n) is 7.00. The largest absolute Gasteiger partial charge is 0.480 e. The summed E-state index contributed by atoms with van der Waals surface area (Å²) >= 11 is 0. The van der Waals surface area contributed by atoms with Gasteiger partial charge in [0.15, 0.2) is 0 Å². The molecule has 1 aliphatic rings. The maximum Gasteiger partial charge on any atom is 0.323 e. The van der Waals surface area contributed by atoms with Gasteiger partial charge in [0, 0.05) is 13.1 Å². The first-order chi connectivity index (χ1) is 8.37. The van der Waals surface area contributed by atoms with Crippen LogP contribution in [0.4, 0.5) is 0 Å². The summed E-state index contributed by atoms with van der Waals surface area (Å²) in [5.74, 6) is 0.424. The molecule has 4 nitrogen and oxygen atoms in total. The zero-order valence-electron chi connectivity index (χ0n) is 12.2. The van der Waals surface area contributed by atoms with Gasteiger partial charge in [-0.15, -0.1) is 0 Å². The molecule has 2 unspecified atom stereocenters. The fraction of sp³-hybridized carbons (Fsp3) is 0.929. The summed E-state index contributed by atoms with van der Waals surface area (Å²) in [4.78, 5) is 13.7. The van der Waals surface area contributed by atoms with Crippen molar-refractivity contribution in [3.05, 3.63) is 0 Å². The van der Waals surface area contributed by atoms with E-state index in [1.54, 1.807) is 0 Å². The number of likely N-dealkylation sites (N-methyl/N-ethyl adjacent to an activating group) is 1. The third kappa shape index (κ3) is 3.95. The number of carboxylic acids is 1. The van der Waals surface area contributed by atoms with Crippen molar-refractivity contribution < 1.29 is 9.90 Å². The van der Waals surface area contributed by atoms with Gasteiger partial charge in [-0.3, -0.25) is 4.79 Å². The average Bonchev–Trinajstić information content (AvgIpc) is 2.28. The Morgan fingerprint density at radius 2 is 2.17 bits per heavy atom. The Morgan fingerprint density at radius 3 is 2.67 bits per heavy atom. The summed E-state index contributed by atoms with van der Waals surface area (Å²) in [6, 6.07) is 0. The molecule has 0 saturated heterocycles. The first kappa shape index (κ1) is 15.4. The van der Waals surface area contributed by atoms with Crippen LogP contribution in [0.1, 0.15) is 39.5 Å². The van der Waals surface area contributed by atoms with Crippen LogP contribution in [0, 0.1) is 11.8 Å². The van der Waals surface area contributed by atoms with Crippen molar-refractivity contribution in [3.8, 4) is 0 Å². The molecule has 1 aliphatic carbocycles. The van der Waals surface area contributed by atoms with E-state index in [0.29, 0.717) is 11.8 Å². The molecule has 2 atom stereocenters. The van der Waals surface area contributed by atoms with Crippen LogP contribution < -0.4 is 5.32 Å². The van der Waals surface area contributed by atoms with E-state index >= 15 is 0 Å². The zero-order valence-corrected chi connectivity index (χ0v) is 12.2. The SMILES string of the molecule is CC(C)C1CCCC(NCCN(C)C)(C(=O)O)C1. The zero-order chi connectivity index (χ0) is 13.8. The number of aliphatic carboxylic acids is 1. The van der Waals surface area contributed by atoms with Crippen molar-refractivity contribution in [2.75, 3.05) is 27.2 Å². The number of hydrogen-bond donors (Lipinski definition) is 2. The summed E-state index contributed by atoms with van der Waals surface area (Å²) in [7, 11) is 4.01. The van der Waals surface area contributed by atoms with Crippen molar-refractivity contribution >= 4 is 5.97 Å². The van der Waals surface area contributed by atoms with Crippen LogP contribution in [0.5, 0.6) is 0 Å². The van der Waals surface area contributed by atoms with Gasteiger partial charge in [0.1, 0.15) is 5.54 Å². The molecule has 0 spiro atoms. The number of nitrogens with zero attached hydrogens (tertiary/aromatic N) is 1. The van der Waals surface area contributed by atoms with Crippen molar-refractivity contribution in [3.63, 3.8) is 0 Å². The molecular formula is C14H28N2O2. The molecule has 0 aliphatic heterocycles. The first-order valence-corrected chi connectivity index (χ1v) is 7.00. The summed E-state index contributed by atoms with van der Waals surface area (Å²) in [6.07, 6.45) is 3.72. The predicted molar refractivity (Wildman–Crippen MR) is 73.7 cm³/mol. The second-order valence-corrected chi connectivity index (χ2v) is 6.22. The minimum Gasteiger partial charge on any atom is -0.480 e. The van der Waals surface area contributed by atoms with Crippen molar-refractivity contribution in [1.29, 1.82) is 0 Å². The maximum absolute atomic E-state index is 11.6. The van der Waals surface area contributed by atoms with Crippen LogP contribution in [-0.2, 0) is 4.79 Å². The third-order valence-electron chi connectivity index (χ3n) is 4.16. The molecule has 4 heteroatoms. The van der Waals surface area contributed by atoms with E-state index in [-0.39, 0.29) is 0 Å². The Labute approximate surface area is 111 Å². The van der Waals surface area contributed by atoms with Gasteiger partial charge in [0.25, 0.3) is 0 Å². The lowest BCUT2D eigenvalue weighted by Crippen LogP contribution is -2.56. The molecule has 2 N–H and O–H groups in total. The van der Waals surface area contributed by atoms with Crippen LogP contribution in [0.3, 0.4) is 0 Å². The molecule has 0 radical (unpaired) electrons. The predicted octanol–water partition coefficient (Wildman–Crippen LogP) is 1.81. The number of carboxylic acid groups (broad SMARTS) is 1. The van der Waals surface area contributed by atoms with Gasteiger partial charge in [-0.1, -0.05) is 26.7 Å². The van der Waals surface area contributed by atoms with Crippen LogP contribution >= 0.6 is 0 Å². The summed E-state index contributed by atoms with van der Waals surface area (Å²) in [5, 5.41) is 12.9. The molecule has 0 bridgehead atoms. The van der Waals surface area contributed by atoms with Gasteiger partial charge in [0.2, 0.25) is 0 Å². The van der Waals surface area contributed by atoms with Gasteiger partial charge in [-0.25, -0.2) is 0 Å². The molecule has 0 amide bonds. The van der Waals surface area contributed by atoms with Crippen molar-refractivity contribution in [1.82, 2.24) is 10.2 Å². The van der Waals surface area contributed by atoms with Gasteiger partial charge in [0.05, 0.1) is 0 Å². The molecule has 1 rings (SSSR count). The molecule has 1 fully saturated rings. The highest BCUT2D eigenvalue weighted by Crippen LogP contribution is 2.36. The van der Waals surface area contributed by atoms with E-state index in [1.807, 2.05) is 14.1 Å². The summed E-state index contributed by atoms with van der Waals surface area (Å²) in [6.45, 7) is 6.01. The highest BCUT2D eigenvalue weighted by Gasteiger charge is 2.42. The molecule has 0 aromatic heterocycles. The second-order valence-electron chi connectivity index (χ2n) is 6.22. The molecule has 18 heavy (non-hydrogen) atoms. The minimum absolute atomic E-state index is 0.529. The number of rotatable bonds is 6. The molecule has 0 aromatic carbocycles. The lowest BCUT2D eigenvalue weighted by molar-refractivity contribution is -0.147. The van der Waals surface area contributed by atoms with Gasteiger partial charge in [-0.2, -0.15) is 0 Å². The van der Waals surface area contributed by atoms with Crippen LogP contribution in [0.15, 0.2) is 0 Å². The van der Waals surface area contributed by atoms with Crippen molar-refractivity contribution in [2.45, 2.75) is 45.1 Å². The molecule has 1 saturated carbocycles. The lowest BCUT2D eigenvalue weighted by atomic mass is 9.71. The third-order valence-corrected chi connectivity index (χ3v) is 4.16. The smallest absolute Gasteiger partial charge is 0.323 e. The van der Waals surface area contributed by atoms with E-state index in [4.69, 9.17) is 0 Å². The number of nitrogens with one attached hydrogen (secondary N) is 1. The summed E-state index contributed by atoms with van der Waals surface area (Å²) in [5.41, 5.74) is -0.691. The fourth-order valence-corrected chi connectivity index (χ4v) is 2.84. The minimum atomic E-state index is -0.691. The summed E-state index contributed by atoms with van der Waals surface area (Å²) < 4.78 is 0. The van der Waals surface area contributed by atoms with Crippen LogP contribution in [-0.4, -0.2) is 48.7 Å². The Hall–Kier alpha value is -0.610. The monoisotopic (exact) mass is 256 g/mol. The van der Waals surface area contributed by atoms with Crippen LogP contribution in [0.25, 0.3) is 0 Å². The Morgan fingerprint density at radius 1 is 1.50 bits per heavy atom. The second kappa shape index (κ2) is 6.53. The highest BCUT2D eigenvalue weighted by molar-refractivity contribution is 5.79. The Bertz CT molecular complexity index is 279. The Kier molecular flexibility index (Phi) is 5.60. The average molecular weight is 256 g/mol. The molecular weight excluding hydrogens is 228 g/mol. The van der Waals surface area contributed by atoms with E-state index in [9.17, 15) is 9.90 Å². The Balaban J connectivity index is 2.64. The normalized spacial score (nSPS) is 28.9. The van der Waals surface area contributed by atoms with Gasteiger partial charge in [-0.05, 0) is 38.8 Å². The maximum atomic E-state index is 11.6. The van der Waals surface area contributed by atoms with E-state index in [2.05, 4.69) is 24.1 Å². The molecule has 0 heterocycles. The highest BCUT2D eigenvalue weighted by atomic mass is 16.4. The van der Waals surface area contributed by atoms with Crippen molar-refractivity contribution in [2.24, 2.45) is 11.8 Å². The van der Waals surface area contributed by atoms with E-state index in [0.717, 1.165) is 32.4 Å². The van der Waals surface area contributed by atoms with E-state index < -0.39 is 11.5 Å². The number of carbonyl (C=O) groups is 1. The van der Waals surface area contributed by atoms with E-state index in [1.165, 1.54) is 6.42 Å². The fourth-order valence-electron chi connectivity index (χ4n) is 2.84. The molecule has 106 valence electrons. The van der Waals surface area contributed by atoms with Crippen LogP contribution in [0.2, 0.25) is 0 Å². The quantitative estimate of drug-likeness (QED) is 0.761. The van der Waals surface area contributed by atoms with Gasteiger partial charge < -0.3 is 15.3 Å². The standard InChI is InChI=1S/C14H28N2O2/c1-11(2)12-6-5-7-14(10-12,13(17)18)15-8-9-16(3)4/h11-12,15H,5-10H2,1-4H3,(H,17,18). The molecule has 0 aromatic rings. The van der Waals surface area contributed by atoms with Gasteiger partial charge >= 0.3 is 5.97 Å². The topological polar surface area (TPSA) is 52.6 Å².